The van der Waals surface area contributed by atoms with Crippen LogP contribution in [0.5, 0.6) is 0 Å². The topological polar surface area (TPSA) is 50.4 Å². The molecule has 23 heavy (non-hydrogen) atoms. The van der Waals surface area contributed by atoms with Gasteiger partial charge < -0.3 is 15.4 Å². The molecule has 4 heteroatoms. The molecule has 1 heterocycles. The van der Waals surface area contributed by atoms with Crippen molar-refractivity contribution < 1.29 is 9.53 Å². The minimum Gasteiger partial charge on any atom is -0.445 e. The fourth-order valence-electron chi connectivity index (χ4n) is 2.97. The average molecular weight is 310 g/mol. The van der Waals surface area contributed by atoms with Gasteiger partial charge in [-0.15, -0.1) is 0 Å². The molecule has 0 bridgehead atoms. The molecule has 1 amide bonds. The lowest BCUT2D eigenvalue weighted by molar-refractivity contribution is 0.130. The Morgan fingerprint density at radius 3 is 2.52 bits per heavy atom. The zero-order valence-corrected chi connectivity index (χ0v) is 13.1. The maximum Gasteiger partial charge on any atom is 0.407 e. The highest BCUT2D eigenvalue weighted by Gasteiger charge is 2.27. The zero-order valence-electron chi connectivity index (χ0n) is 13.1. The number of nitrogens with one attached hydrogen (secondary N) is 2. The summed E-state index contributed by atoms with van der Waals surface area (Å²) in [5.74, 6) is 0. The van der Waals surface area contributed by atoms with E-state index in [1.807, 2.05) is 48.5 Å². The fraction of sp³-hybridized carbons (Fsp3) is 0.316. The van der Waals surface area contributed by atoms with Crippen molar-refractivity contribution in [3.05, 3.63) is 71.8 Å². The number of hydrogen-bond donors (Lipinski definition) is 2. The summed E-state index contributed by atoms with van der Waals surface area (Å²) >= 11 is 0. The smallest absolute Gasteiger partial charge is 0.407 e. The Bertz CT molecular complexity index is 616. The number of alkyl carbamates (subject to hydrolysis) is 1. The molecular formula is C19H22N2O2. The summed E-state index contributed by atoms with van der Waals surface area (Å²) in [7, 11) is 0. The van der Waals surface area contributed by atoms with E-state index in [4.69, 9.17) is 4.74 Å². The Labute approximate surface area is 136 Å². The molecule has 0 aliphatic carbocycles. The van der Waals surface area contributed by atoms with Crippen LogP contribution in [0, 0.1) is 0 Å². The van der Waals surface area contributed by atoms with Gasteiger partial charge in [0.25, 0.3) is 0 Å². The first-order chi connectivity index (χ1) is 11.3. The summed E-state index contributed by atoms with van der Waals surface area (Å²) < 4.78 is 5.34. The van der Waals surface area contributed by atoms with E-state index in [2.05, 4.69) is 22.8 Å². The fourth-order valence-corrected chi connectivity index (χ4v) is 2.97. The van der Waals surface area contributed by atoms with Gasteiger partial charge in [-0.05, 0) is 30.5 Å². The quantitative estimate of drug-likeness (QED) is 0.910. The molecule has 1 fully saturated rings. The van der Waals surface area contributed by atoms with E-state index in [9.17, 15) is 4.79 Å². The second-order valence-electron chi connectivity index (χ2n) is 5.80. The van der Waals surface area contributed by atoms with E-state index in [1.165, 1.54) is 5.56 Å². The van der Waals surface area contributed by atoms with Crippen LogP contribution in [0.1, 0.15) is 30.0 Å². The van der Waals surface area contributed by atoms with E-state index in [0.29, 0.717) is 6.61 Å². The number of carbonyl (C=O) groups is 1. The number of benzene rings is 2. The van der Waals surface area contributed by atoms with Gasteiger partial charge in [0.05, 0.1) is 12.1 Å². The Morgan fingerprint density at radius 2 is 1.78 bits per heavy atom. The van der Waals surface area contributed by atoms with Crippen molar-refractivity contribution >= 4 is 6.09 Å². The summed E-state index contributed by atoms with van der Waals surface area (Å²) in [5, 5.41) is 6.51. The molecule has 0 spiro atoms. The summed E-state index contributed by atoms with van der Waals surface area (Å²) in [6, 6.07) is 20.1. The molecule has 3 rings (SSSR count). The molecule has 0 radical (unpaired) electrons. The second kappa shape index (κ2) is 7.79. The number of rotatable bonds is 4. The monoisotopic (exact) mass is 310 g/mol. The number of piperidine rings is 1. The lowest BCUT2D eigenvalue weighted by atomic mass is 9.92. The second-order valence-corrected chi connectivity index (χ2v) is 5.80. The van der Waals surface area contributed by atoms with Gasteiger partial charge in [0, 0.05) is 0 Å². The van der Waals surface area contributed by atoms with Crippen molar-refractivity contribution in [3.8, 4) is 0 Å². The van der Waals surface area contributed by atoms with Crippen molar-refractivity contribution in [3.63, 3.8) is 0 Å². The molecule has 1 aliphatic heterocycles. The summed E-state index contributed by atoms with van der Waals surface area (Å²) in [6.45, 7) is 1.26. The van der Waals surface area contributed by atoms with Crippen LogP contribution in [0.4, 0.5) is 4.79 Å². The molecule has 120 valence electrons. The highest BCUT2D eigenvalue weighted by molar-refractivity contribution is 5.67. The van der Waals surface area contributed by atoms with Crippen molar-refractivity contribution in [2.24, 2.45) is 0 Å². The first kappa shape index (κ1) is 15.6. The van der Waals surface area contributed by atoms with Gasteiger partial charge in [-0.1, -0.05) is 60.7 Å². The largest absolute Gasteiger partial charge is 0.445 e. The molecule has 1 unspecified atom stereocenters. The van der Waals surface area contributed by atoms with E-state index in [-0.39, 0.29) is 18.2 Å². The van der Waals surface area contributed by atoms with Crippen LogP contribution in [0.25, 0.3) is 0 Å². The van der Waals surface area contributed by atoms with Crippen LogP contribution in [0.3, 0.4) is 0 Å². The Balaban J connectivity index is 1.57. The lowest BCUT2D eigenvalue weighted by Gasteiger charge is -2.33. The average Bonchev–Trinajstić information content (AvgIpc) is 2.62. The Hall–Kier alpha value is -2.33. The third kappa shape index (κ3) is 4.33. The van der Waals surface area contributed by atoms with Crippen LogP contribution in [0.15, 0.2) is 60.7 Å². The van der Waals surface area contributed by atoms with Crippen molar-refractivity contribution in [1.29, 1.82) is 0 Å². The molecule has 4 nitrogen and oxygen atoms in total. The predicted octanol–water partition coefficient (Wildman–Crippen LogP) is 3.41. The van der Waals surface area contributed by atoms with Gasteiger partial charge in [0.15, 0.2) is 0 Å². The van der Waals surface area contributed by atoms with Crippen molar-refractivity contribution in [1.82, 2.24) is 10.6 Å². The van der Waals surface area contributed by atoms with E-state index in [0.717, 1.165) is 24.9 Å². The predicted molar refractivity (Wildman–Crippen MR) is 90.0 cm³/mol. The van der Waals surface area contributed by atoms with Crippen molar-refractivity contribution in [2.45, 2.75) is 31.5 Å². The van der Waals surface area contributed by atoms with Gasteiger partial charge in [-0.3, -0.25) is 0 Å². The molecule has 2 atom stereocenters. The number of amides is 1. The SMILES string of the molecule is O=C(NC1CCCN[C@H]1c1ccccc1)OCc1ccccc1. The van der Waals surface area contributed by atoms with E-state index in [1.54, 1.807) is 0 Å². The maximum atomic E-state index is 12.1. The van der Waals surface area contributed by atoms with E-state index < -0.39 is 0 Å². The lowest BCUT2D eigenvalue weighted by Crippen LogP contribution is -2.48. The highest BCUT2D eigenvalue weighted by atomic mass is 16.5. The third-order valence-corrected chi connectivity index (χ3v) is 4.13. The minimum atomic E-state index is -0.358. The summed E-state index contributed by atoms with van der Waals surface area (Å²) in [5.41, 5.74) is 2.18. The van der Waals surface area contributed by atoms with Crippen LogP contribution in [-0.2, 0) is 11.3 Å². The van der Waals surface area contributed by atoms with Crippen LogP contribution in [0.2, 0.25) is 0 Å². The number of hydrogen-bond acceptors (Lipinski definition) is 3. The number of ether oxygens (including phenoxy) is 1. The number of carbonyl (C=O) groups excluding carboxylic acids is 1. The van der Waals surface area contributed by atoms with Crippen LogP contribution in [-0.4, -0.2) is 18.7 Å². The Kier molecular flexibility index (Phi) is 5.27. The first-order valence-electron chi connectivity index (χ1n) is 8.08. The van der Waals surface area contributed by atoms with Gasteiger partial charge in [0.2, 0.25) is 0 Å². The zero-order chi connectivity index (χ0) is 15.9. The standard InChI is InChI=1S/C19H22N2O2/c22-19(23-14-15-8-3-1-4-9-15)21-17-12-7-13-20-18(17)16-10-5-2-6-11-16/h1-6,8-11,17-18,20H,7,12-14H2,(H,21,22)/t17?,18-/m0/s1. The van der Waals surface area contributed by atoms with Gasteiger partial charge in [-0.25, -0.2) is 4.79 Å². The normalized spacial score (nSPS) is 20.7. The molecule has 1 aliphatic rings. The van der Waals surface area contributed by atoms with E-state index >= 15 is 0 Å². The highest BCUT2D eigenvalue weighted by Crippen LogP contribution is 2.23. The Morgan fingerprint density at radius 1 is 1.09 bits per heavy atom. The van der Waals surface area contributed by atoms with Crippen LogP contribution < -0.4 is 10.6 Å². The molecule has 0 saturated carbocycles. The third-order valence-electron chi connectivity index (χ3n) is 4.13. The maximum absolute atomic E-state index is 12.1. The minimum absolute atomic E-state index is 0.0504. The van der Waals surface area contributed by atoms with Crippen LogP contribution >= 0.6 is 0 Å². The first-order valence-corrected chi connectivity index (χ1v) is 8.08. The molecular weight excluding hydrogens is 288 g/mol. The van der Waals surface area contributed by atoms with Gasteiger partial charge >= 0.3 is 6.09 Å². The summed E-state index contributed by atoms with van der Waals surface area (Å²) in [4.78, 5) is 12.1. The molecule has 2 aromatic carbocycles. The molecule has 0 aromatic heterocycles. The molecule has 2 N–H and O–H groups in total. The van der Waals surface area contributed by atoms with Gasteiger partial charge in [-0.2, -0.15) is 0 Å². The van der Waals surface area contributed by atoms with Crippen molar-refractivity contribution in [2.75, 3.05) is 6.54 Å². The molecule has 2 aromatic rings. The van der Waals surface area contributed by atoms with Gasteiger partial charge in [0.1, 0.15) is 6.61 Å². The summed E-state index contributed by atoms with van der Waals surface area (Å²) in [6.07, 6.45) is 1.64. The molecule has 1 saturated heterocycles.